The van der Waals surface area contributed by atoms with Crippen LogP contribution in [0.15, 0.2) is 59.2 Å². The average molecular weight is 487 g/mol. The van der Waals surface area contributed by atoms with Gasteiger partial charge >= 0.3 is 5.97 Å². The molecule has 1 heterocycles. The minimum atomic E-state index is -3.69. The molecule has 0 aliphatic heterocycles. The van der Waals surface area contributed by atoms with E-state index in [0.717, 1.165) is 11.8 Å². The third-order valence-electron chi connectivity index (χ3n) is 5.08. The fourth-order valence-corrected chi connectivity index (χ4v) is 4.81. The van der Waals surface area contributed by atoms with Gasteiger partial charge in [-0.3, -0.25) is 4.79 Å². The van der Waals surface area contributed by atoms with Crippen molar-refractivity contribution in [1.82, 2.24) is 20.2 Å². The van der Waals surface area contributed by atoms with E-state index in [1.165, 1.54) is 22.9 Å². The fraction of sp³-hybridized carbons (Fsp3) is 0.227. The molecule has 1 aliphatic rings. The molecular weight excluding hydrogens is 468 g/mol. The number of carbonyl (C=O) groups is 2. The number of ketones is 1. The first-order chi connectivity index (χ1) is 15.7. The van der Waals surface area contributed by atoms with Gasteiger partial charge in [0, 0.05) is 36.3 Å². The normalized spacial score (nSPS) is 14.1. The zero-order valence-electron chi connectivity index (χ0n) is 17.6. The highest BCUT2D eigenvalue weighted by atomic mass is 35.5. The first kappa shape index (κ1) is 22.8. The van der Waals surface area contributed by atoms with Gasteiger partial charge in [0.1, 0.15) is 5.76 Å². The van der Waals surface area contributed by atoms with E-state index >= 15 is 0 Å². The summed E-state index contributed by atoms with van der Waals surface area (Å²) >= 11 is 6.54. The Morgan fingerprint density at radius 1 is 1.15 bits per heavy atom. The second kappa shape index (κ2) is 9.24. The van der Waals surface area contributed by atoms with Gasteiger partial charge in [0.15, 0.2) is 21.4 Å². The van der Waals surface area contributed by atoms with E-state index < -0.39 is 15.8 Å². The predicted molar refractivity (Wildman–Crippen MR) is 119 cm³/mol. The number of benzene rings is 2. The maximum Gasteiger partial charge on any atom is 0.344 e. The van der Waals surface area contributed by atoms with Gasteiger partial charge in [-0.2, -0.15) is 0 Å². The molecule has 4 rings (SSSR count). The summed E-state index contributed by atoms with van der Waals surface area (Å²) in [4.78, 5) is 24.4. The summed E-state index contributed by atoms with van der Waals surface area (Å²) in [5.74, 6) is -0.226. The van der Waals surface area contributed by atoms with Crippen LogP contribution in [0.1, 0.15) is 35.2 Å². The maximum atomic E-state index is 12.8. The molecule has 2 aromatic carbocycles. The van der Waals surface area contributed by atoms with E-state index in [1.54, 1.807) is 0 Å². The number of halogens is 1. The van der Waals surface area contributed by atoms with Gasteiger partial charge in [-0.15, -0.1) is 5.10 Å². The molecule has 0 radical (unpaired) electrons. The number of carbonyl (C=O) groups excluding carboxylic acids is 2. The predicted octanol–water partition coefficient (Wildman–Crippen LogP) is 3.24. The van der Waals surface area contributed by atoms with Crippen molar-refractivity contribution in [2.24, 2.45) is 0 Å². The molecule has 0 bridgehead atoms. The Labute approximate surface area is 194 Å². The van der Waals surface area contributed by atoms with Crippen molar-refractivity contribution in [3.8, 4) is 11.4 Å². The summed E-state index contributed by atoms with van der Waals surface area (Å²) in [6, 6.07) is 11.7. The smallest absolute Gasteiger partial charge is 0.344 e. The zero-order chi connectivity index (χ0) is 23.6. The number of tetrazole rings is 1. The number of hydrogen-bond donors (Lipinski definition) is 0. The van der Waals surface area contributed by atoms with Crippen LogP contribution in [-0.4, -0.2) is 46.6 Å². The molecule has 11 heteroatoms. The molecule has 0 saturated heterocycles. The Morgan fingerprint density at radius 2 is 1.91 bits per heavy atom. The van der Waals surface area contributed by atoms with E-state index in [9.17, 15) is 18.0 Å². The van der Waals surface area contributed by atoms with Crippen molar-refractivity contribution in [2.75, 3.05) is 6.26 Å². The molecule has 3 aromatic rings. The highest BCUT2D eigenvalue weighted by molar-refractivity contribution is 7.90. The van der Waals surface area contributed by atoms with Crippen molar-refractivity contribution in [1.29, 1.82) is 0 Å². The number of allylic oxidation sites excluding steroid dienone is 2. The molecular formula is C22H19ClN4O5S. The van der Waals surface area contributed by atoms with Crippen LogP contribution in [0.25, 0.3) is 11.4 Å². The molecule has 1 aliphatic carbocycles. The van der Waals surface area contributed by atoms with Crippen molar-refractivity contribution in [2.45, 2.75) is 30.7 Å². The van der Waals surface area contributed by atoms with Crippen molar-refractivity contribution < 1.29 is 22.7 Å². The van der Waals surface area contributed by atoms with Gasteiger partial charge in [-0.1, -0.05) is 41.9 Å². The third kappa shape index (κ3) is 5.01. The first-order valence-corrected chi connectivity index (χ1v) is 12.3. The molecule has 0 atom stereocenters. The number of esters is 1. The summed E-state index contributed by atoms with van der Waals surface area (Å²) < 4.78 is 31.6. The lowest BCUT2D eigenvalue weighted by molar-refractivity contribution is -0.115. The van der Waals surface area contributed by atoms with Crippen LogP contribution in [0.4, 0.5) is 0 Å². The van der Waals surface area contributed by atoms with Gasteiger partial charge in [0.05, 0.1) is 22.0 Å². The molecule has 0 spiro atoms. The highest BCUT2D eigenvalue weighted by Gasteiger charge is 2.25. The van der Waals surface area contributed by atoms with Crippen LogP contribution in [0.3, 0.4) is 0 Å². The number of hydrogen-bond acceptors (Lipinski definition) is 8. The van der Waals surface area contributed by atoms with Gasteiger partial charge < -0.3 is 4.74 Å². The van der Waals surface area contributed by atoms with Crippen molar-refractivity contribution in [3.05, 3.63) is 70.4 Å². The van der Waals surface area contributed by atoms with E-state index in [0.29, 0.717) is 25.1 Å². The molecule has 33 heavy (non-hydrogen) atoms. The maximum absolute atomic E-state index is 12.8. The zero-order valence-corrected chi connectivity index (χ0v) is 19.1. The second-order valence-corrected chi connectivity index (χ2v) is 9.88. The molecule has 0 fully saturated rings. The SMILES string of the molecule is CS(=O)(=O)c1ccc(C(=O)OC2=CC(=O)CCC2)c(Cl)c1Cn1nnnc1-c1ccccc1. The number of nitrogens with zero attached hydrogens (tertiary/aromatic N) is 4. The molecule has 0 saturated carbocycles. The monoisotopic (exact) mass is 486 g/mol. The minimum absolute atomic E-state index is 0.0210. The van der Waals surface area contributed by atoms with Crippen LogP contribution in [0.5, 0.6) is 0 Å². The molecule has 0 N–H and O–H groups in total. The average Bonchev–Trinajstić information content (AvgIpc) is 3.23. The van der Waals surface area contributed by atoms with Gasteiger partial charge in [0.2, 0.25) is 0 Å². The van der Waals surface area contributed by atoms with Gasteiger partial charge in [0.25, 0.3) is 0 Å². The largest absolute Gasteiger partial charge is 0.427 e. The number of ether oxygens (including phenoxy) is 1. The second-order valence-electron chi connectivity index (χ2n) is 7.52. The first-order valence-electron chi connectivity index (χ1n) is 10.0. The van der Waals surface area contributed by atoms with Crippen LogP contribution >= 0.6 is 11.6 Å². The number of rotatable bonds is 6. The van der Waals surface area contributed by atoms with Crippen LogP contribution in [0.2, 0.25) is 5.02 Å². The lowest BCUT2D eigenvalue weighted by Crippen LogP contribution is -2.15. The topological polar surface area (TPSA) is 121 Å². The van der Waals surface area contributed by atoms with E-state index in [1.807, 2.05) is 30.3 Å². The molecule has 9 nitrogen and oxygen atoms in total. The Balaban J connectivity index is 1.74. The number of aromatic nitrogens is 4. The lowest BCUT2D eigenvalue weighted by Gasteiger charge is -2.16. The Hall–Kier alpha value is -3.37. The quantitative estimate of drug-likeness (QED) is 0.487. The summed E-state index contributed by atoms with van der Waals surface area (Å²) in [7, 11) is -3.69. The number of sulfone groups is 1. The highest BCUT2D eigenvalue weighted by Crippen LogP contribution is 2.31. The Bertz CT molecular complexity index is 1370. The molecule has 0 unspecified atom stereocenters. The van der Waals surface area contributed by atoms with Crippen LogP contribution in [0, 0.1) is 0 Å². The van der Waals surface area contributed by atoms with E-state index in [4.69, 9.17) is 16.3 Å². The third-order valence-corrected chi connectivity index (χ3v) is 6.70. The fourth-order valence-electron chi connectivity index (χ4n) is 3.53. The molecule has 170 valence electrons. The standard InChI is InChI=1S/C22H19ClN4O5S/c1-33(30,31)19-11-10-17(22(29)32-16-9-5-8-15(28)12-16)20(23)18(19)13-27-21(24-25-26-27)14-6-3-2-4-7-14/h2-4,6-7,10-12H,5,8-9,13H2,1H3. The van der Waals surface area contributed by atoms with Crippen molar-refractivity contribution in [3.63, 3.8) is 0 Å². The van der Waals surface area contributed by atoms with Crippen LogP contribution in [-0.2, 0) is 25.9 Å². The van der Waals surface area contributed by atoms with Crippen molar-refractivity contribution >= 4 is 33.2 Å². The van der Waals surface area contributed by atoms with E-state index in [2.05, 4.69) is 15.5 Å². The lowest BCUT2D eigenvalue weighted by atomic mass is 10.1. The van der Waals surface area contributed by atoms with E-state index in [-0.39, 0.29) is 39.1 Å². The van der Waals surface area contributed by atoms with Gasteiger partial charge in [-0.25, -0.2) is 17.9 Å². The molecule has 1 aromatic heterocycles. The summed E-state index contributed by atoms with van der Waals surface area (Å²) in [5, 5.41) is 11.6. The molecule has 0 amide bonds. The summed E-state index contributed by atoms with van der Waals surface area (Å²) in [6.07, 6.45) is 3.80. The van der Waals surface area contributed by atoms with Gasteiger partial charge in [-0.05, 0) is 29.0 Å². The van der Waals surface area contributed by atoms with Crippen LogP contribution < -0.4 is 0 Å². The minimum Gasteiger partial charge on any atom is -0.427 e. The Morgan fingerprint density at radius 3 is 2.61 bits per heavy atom. The summed E-state index contributed by atoms with van der Waals surface area (Å²) in [5.41, 5.74) is 0.864. The Kier molecular flexibility index (Phi) is 6.39. The summed E-state index contributed by atoms with van der Waals surface area (Å²) in [6.45, 7) is -0.0965.